The summed E-state index contributed by atoms with van der Waals surface area (Å²) >= 11 is 3.34. The molecule has 0 aliphatic carbocycles. The Labute approximate surface area is 145 Å². The van der Waals surface area contributed by atoms with Crippen molar-refractivity contribution in [1.29, 1.82) is 5.26 Å². The van der Waals surface area contributed by atoms with Gasteiger partial charge >= 0.3 is 0 Å². The van der Waals surface area contributed by atoms with Gasteiger partial charge in [-0.05, 0) is 43.5 Å². The van der Waals surface area contributed by atoms with E-state index in [1.165, 1.54) is 7.05 Å². The standard InChI is InChI=1S/C15H20BrN3O3S/c1-12-10-13(16)6-7-14(12)18-15(20)11-19(2)23(21,22)9-5-3-4-8-17/h6-7,10H,3-5,9,11H2,1-2H3,(H,18,20). The third-order valence-corrected chi connectivity index (χ3v) is 5.62. The second-order valence-corrected chi connectivity index (χ2v) is 8.31. The number of hydrogen-bond acceptors (Lipinski definition) is 4. The number of rotatable bonds is 8. The molecule has 0 saturated carbocycles. The highest BCUT2D eigenvalue weighted by molar-refractivity contribution is 9.10. The Morgan fingerprint density at radius 2 is 2.09 bits per heavy atom. The van der Waals surface area contributed by atoms with Crippen molar-refractivity contribution in [2.75, 3.05) is 24.7 Å². The summed E-state index contributed by atoms with van der Waals surface area (Å²) in [6.07, 6.45) is 1.28. The minimum absolute atomic E-state index is 0.0598. The summed E-state index contributed by atoms with van der Waals surface area (Å²) in [5.74, 6) is -0.450. The molecule has 1 N–H and O–H groups in total. The van der Waals surface area contributed by atoms with Gasteiger partial charge in [0.2, 0.25) is 15.9 Å². The quantitative estimate of drug-likeness (QED) is 0.677. The SMILES string of the molecule is Cc1cc(Br)ccc1NC(=O)CN(C)S(=O)(=O)CCCCC#N. The molecule has 1 rings (SSSR count). The number of anilines is 1. The topological polar surface area (TPSA) is 90.3 Å². The molecule has 0 bridgehead atoms. The van der Waals surface area contributed by atoms with Crippen LogP contribution in [0.15, 0.2) is 22.7 Å². The third-order valence-electron chi connectivity index (χ3n) is 3.24. The summed E-state index contributed by atoms with van der Waals surface area (Å²) in [6, 6.07) is 7.40. The lowest BCUT2D eigenvalue weighted by molar-refractivity contribution is -0.116. The molecule has 1 amide bonds. The zero-order valence-corrected chi connectivity index (χ0v) is 15.6. The predicted octanol–water partition coefficient (Wildman–Crippen LogP) is 2.65. The van der Waals surface area contributed by atoms with E-state index in [-0.39, 0.29) is 12.3 Å². The average molecular weight is 402 g/mol. The number of unbranched alkanes of at least 4 members (excludes halogenated alkanes) is 2. The Morgan fingerprint density at radius 1 is 1.39 bits per heavy atom. The van der Waals surface area contributed by atoms with E-state index in [1.54, 1.807) is 12.1 Å². The summed E-state index contributed by atoms with van der Waals surface area (Å²) in [5, 5.41) is 11.1. The van der Waals surface area contributed by atoms with E-state index in [0.717, 1.165) is 14.3 Å². The summed E-state index contributed by atoms with van der Waals surface area (Å²) in [7, 11) is -2.11. The van der Waals surface area contributed by atoms with E-state index in [4.69, 9.17) is 5.26 Å². The lowest BCUT2D eigenvalue weighted by Crippen LogP contribution is -2.36. The molecule has 6 nitrogen and oxygen atoms in total. The van der Waals surface area contributed by atoms with Crippen LogP contribution in [0.25, 0.3) is 0 Å². The molecule has 1 aromatic rings. The fourth-order valence-corrected chi connectivity index (χ4v) is 3.57. The predicted molar refractivity (Wildman–Crippen MR) is 93.4 cm³/mol. The van der Waals surface area contributed by atoms with Gasteiger partial charge in [0.1, 0.15) is 0 Å². The number of nitrogens with zero attached hydrogens (tertiary/aromatic N) is 2. The van der Waals surface area contributed by atoms with Crippen LogP contribution in [0.4, 0.5) is 5.69 Å². The molecule has 0 aliphatic heterocycles. The number of carbonyl (C=O) groups excluding carboxylic acids is 1. The molecule has 23 heavy (non-hydrogen) atoms. The molecule has 0 fully saturated rings. The fourth-order valence-electron chi connectivity index (χ4n) is 1.90. The number of sulfonamides is 1. The summed E-state index contributed by atoms with van der Waals surface area (Å²) in [6.45, 7) is 1.62. The van der Waals surface area contributed by atoms with Gasteiger partial charge < -0.3 is 5.32 Å². The van der Waals surface area contributed by atoms with E-state index < -0.39 is 15.9 Å². The van der Waals surface area contributed by atoms with Crippen LogP contribution >= 0.6 is 15.9 Å². The highest BCUT2D eigenvalue weighted by Crippen LogP contribution is 2.20. The molecule has 0 spiro atoms. The molecule has 126 valence electrons. The summed E-state index contributed by atoms with van der Waals surface area (Å²) in [5.41, 5.74) is 1.53. The van der Waals surface area contributed by atoms with Crippen LogP contribution in [0.1, 0.15) is 24.8 Å². The largest absolute Gasteiger partial charge is 0.325 e. The van der Waals surface area contributed by atoms with E-state index in [2.05, 4.69) is 21.2 Å². The second kappa shape index (κ2) is 9.01. The number of nitriles is 1. The first-order chi connectivity index (χ1) is 10.8. The minimum atomic E-state index is -3.49. The van der Waals surface area contributed by atoms with Crippen LogP contribution < -0.4 is 5.32 Å². The van der Waals surface area contributed by atoms with Crippen molar-refractivity contribution in [3.8, 4) is 6.07 Å². The maximum Gasteiger partial charge on any atom is 0.239 e. The van der Waals surface area contributed by atoms with Crippen molar-refractivity contribution in [3.63, 3.8) is 0 Å². The van der Waals surface area contributed by atoms with Crippen LogP contribution in [-0.4, -0.2) is 38.0 Å². The van der Waals surface area contributed by atoms with Crippen LogP contribution in [0, 0.1) is 18.3 Å². The molecule has 8 heteroatoms. The molecule has 0 heterocycles. The molecule has 0 saturated heterocycles. The van der Waals surface area contributed by atoms with Crippen molar-refractivity contribution < 1.29 is 13.2 Å². The molecule has 1 aromatic carbocycles. The first-order valence-corrected chi connectivity index (χ1v) is 9.53. The Hall–Kier alpha value is -1.43. The number of nitrogens with one attached hydrogen (secondary N) is 1. The number of halogens is 1. The summed E-state index contributed by atoms with van der Waals surface area (Å²) in [4.78, 5) is 12.0. The van der Waals surface area contributed by atoms with Crippen molar-refractivity contribution >= 4 is 37.5 Å². The minimum Gasteiger partial charge on any atom is -0.325 e. The lowest BCUT2D eigenvalue weighted by atomic mass is 10.2. The monoisotopic (exact) mass is 401 g/mol. The fraction of sp³-hybridized carbons (Fsp3) is 0.467. The number of carbonyl (C=O) groups is 1. The Morgan fingerprint density at radius 3 is 2.70 bits per heavy atom. The maximum atomic E-state index is 12.1. The molecule has 0 atom stereocenters. The van der Waals surface area contributed by atoms with Crippen LogP contribution in [-0.2, 0) is 14.8 Å². The van der Waals surface area contributed by atoms with Gasteiger partial charge in [-0.1, -0.05) is 15.9 Å². The smallest absolute Gasteiger partial charge is 0.239 e. The van der Waals surface area contributed by atoms with Crippen molar-refractivity contribution in [2.24, 2.45) is 0 Å². The Bertz CT molecular complexity index is 698. The van der Waals surface area contributed by atoms with Gasteiger partial charge in [0.15, 0.2) is 0 Å². The number of likely N-dealkylation sites (N-methyl/N-ethyl adjacent to an activating group) is 1. The van der Waals surface area contributed by atoms with Crippen molar-refractivity contribution in [1.82, 2.24) is 4.31 Å². The Balaban J connectivity index is 2.57. The zero-order valence-electron chi connectivity index (χ0n) is 13.2. The zero-order chi connectivity index (χ0) is 17.5. The van der Waals surface area contributed by atoms with E-state index in [1.807, 2.05) is 19.1 Å². The highest BCUT2D eigenvalue weighted by Gasteiger charge is 2.20. The van der Waals surface area contributed by atoms with Gasteiger partial charge in [0.05, 0.1) is 18.4 Å². The molecule has 0 radical (unpaired) electrons. The van der Waals surface area contributed by atoms with Crippen molar-refractivity contribution in [3.05, 3.63) is 28.2 Å². The molecular weight excluding hydrogens is 382 g/mol. The highest BCUT2D eigenvalue weighted by atomic mass is 79.9. The van der Waals surface area contributed by atoms with Gasteiger partial charge in [0.25, 0.3) is 0 Å². The molecule has 0 unspecified atom stereocenters. The number of amides is 1. The first-order valence-electron chi connectivity index (χ1n) is 7.13. The van der Waals surface area contributed by atoms with Gasteiger partial charge in [-0.25, -0.2) is 8.42 Å². The van der Waals surface area contributed by atoms with Gasteiger partial charge in [-0.15, -0.1) is 0 Å². The van der Waals surface area contributed by atoms with E-state index in [0.29, 0.717) is 24.9 Å². The van der Waals surface area contributed by atoms with E-state index >= 15 is 0 Å². The lowest BCUT2D eigenvalue weighted by Gasteiger charge is -2.17. The number of aryl methyl sites for hydroxylation is 1. The first kappa shape index (κ1) is 19.6. The number of hydrogen-bond donors (Lipinski definition) is 1. The van der Waals surface area contributed by atoms with Crippen molar-refractivity contribution in [2.45, 2.75) is 26.2 Å². The third kappa shape index (κ3) is 6.69. The summed E-state index contributed by atoms with van der Waals surface area (Å²) < 4.78 is 26.1. The molecule has 0 aliphatic rings. The number of benzene rings is 1. The van der Waals surface area contributed by atoms with Crippen LogP contribution in [0.3, 0.4) is 0 Å². The molecule has 0 aromatic heterocycles. The van der Waals surface area contributed by atoms with Crippen LogP contribution in [0.2, 0.25) is 0 Å². The van der Waals surface area contributed by atoms with Gasteiger partial charge in [0, 0.05) is 23.6 Å². The van der Waals surface area contributed by atoms with Crippen LogP contribution in [0.5, 0.6) is 0 Å². The maximum absolute atomic E-state index is 12.1. The van der Waals surface area contributed by atoms with Gasteiger partial charge in [-0.3, -0.25) is 4.79 Å². The molecular formula is C15H20BrN3O3S. The van der Waals surface area contributed by atoms with E-state index in [9.17, 15) is 13.2 Å². The average Bonchev–Trinajstić information content (AvgIpc) is 2.46. The normalized spacial score (nSPS) is 11.3. The van der Waals surface area contributed by atoms with Gasteiger partial charge in [-0.2, -0.15) is 9.57 Å². The Kier molecular flexibility index (Phi) is 7.68. The second-order valence-electron chi connectivity index (χ2n) is 5.19.